The number of fused-ring (bicyclic) bond motifs is 1. The number of alkyl halides is 3. The van der Waals surface area contributed by atoms with E-state index in [1.807, 2.05) is 31.2 Å². The van der Waals surface area contributed by atoms with Gasteiger partial charge in [-0.25, -0.2) is 4.68 Å². The topological polar surface area (TPSA) is 85.8 Å². The zero-order valence-electron chi connectivity index (χ0n) is 17.1. The lowest BCUT2D eigenvalue weighted by Gasteiger charge is -2.12. The van der Waals surface area contributed by atoms with Crippen molar-refractivity contribution < 1.29 is 18.0 Å². The SMILES string of the molecule is Cc1ccc(NC(=O)c2cccc(C(F)(F)F)c2)cc1-c1ccc2c(c1)nnn2CCN. The number of nitrogens with two attached hydrogens (primary N) is 1. The lowest BCUT2D eigenvalue weighted by molar-refractivity contribution is -0.137. The second-order valence-corrected chi connectivity index (χ2v) is 7.37. The van der Waals surface area contributed by atoms with Gasteiger partial charge in [-0.1, -0.05) is 23.4 Å². The molecule has 9 heteroatoms. The van der Waals surface area contributed by atoms with Crippen LogP contribution in [0.25, 0.3) is 22.2 Å². The van der Waals surface area contributed by atoms with Crippen LogP contribution in [0.4, 0.5) is 18.9 Å². The minimum absolute atomic E-state index is 0.0695. The third-order valence-electron chi connectivity index (χ3n) is 5.11. The lowest BCUT2D eigenvalue weighted by atomic mass is 9.99. The van der Waals surface area contributed by atoms with Gasteiger partial charge in [0.1, 0.15) is 5.52 Å². The number of nitrogens with one attached hydrogen (secondary N) is 1. The molecule has 4 rings (SSSR count). The molecule has 0 radical (unpaired) electrons. The predicted octanol–water partition coefficient (Wildman–Crippen LogP) is 4.64. The Hall–Kier alpha value is -3.72. The normalized spacial score (nSPS) is 11.7. The van der Waals surface area contributed by atoms with Gasteiger partial charge in [0.05, 0.1) is 17.6 Å². The summed E-state index contributed by atoms with van der Waals surface area (Å²) in [5, 5.41) is 11.0. The fourth-order valence-corrected chi connectivity index (χ4v) is 3.48. The van der Waals surface area contributed by atoms with Gasteiger partial charge in [-0.2, -0.15) is 13.2 Å². The van der Waals surface area contributed by atoms with Gasteiger partial charge in [-0.05, 0) is 66.1 Å². The van der Waals surface area contributed by atoms with E-state index >= 15 is 0 Å². The van der Waals surface area contributed by atoms with Crippen LogP contribution >= 0.6 is 0 Å². The quantitative estimate of drug-likeness (QED) is 0.475. The Labute approximate surface area is 181 Å². The van der Waals surface area contributed by atoms with Gasteiger partial charge in [0.25, 0.3) is 5.91 Å². The number of anilines is 1. The van der Waals surface area contributed by atoms with E-state index in [1.165, 1.54) is 12.1 Å². The number of aryl methyl sites for hydroxylation is 1. The zero-order chi connectivity index (χ0) is 22.9. The first-order valence-electron chi connectivity index (χ1n) is 9.89. The number of carbonyl (C=O) groups excluding carboxylic acids is 1. The van der Waals surface area contributed by atoms with Gasteiger partial charge in [-0.3, -0.25) is 4.79 Å². The summed E-state index contributed by atoms with van der Waals surface area (Å²) < 4.78 is 40.6. The van der Waals surface area contributed by atoms with Crippen molar-refractivity contribution in [3.8, 4) is 11.1 Å². The summed E-state index contributed by atoms with van der Waals surface area (Å²) in [6.45, 7) is 2.95. The maximum absolute atomic E-state index is 12.9. The van der Waals surface area contributed by atoms with Gasteiger partial charge in [0.15, 0.2) is 0 Å². The molecule has 1 heterocycles. The summed E-state index contributed by atoms with van der Waals surface area (Å²) in [6, 6.07) is 15.4. The van der Waals surface area contributed by atoms with Crippen molar-refractivity contribution in [1.82, 2.24) is 15.0 Å². The Morgan fingerprint density at radius 2 is 1.91 bits per heavy atom. The number of aromatic nitrogens is 3. The monoisotopic (exact) mass is 439 g/mol. The number of hydrogen-bond acceptors (Lipinski definition) is 4. The Morgan fingerprint density at radius 1 is 1.09 bits per heavy atom. The van der Waals surface area contributed by atoms with Crippen LogP contribution in [0.1, 0.15) is 21.5 Å². The predicted molar refractivity (Wildman–Crippen MR) is 116 cm³/mol. The summed E-state index contributed by atoms with van der Waals surface area (Å²) in [5.74, 6) is -0.619. The van der Waals surface area contributed by atoms with Crippen LogP contribution in [-0.4, -0.2) is 27.4 Å². The number of halogens is 3. The van der Waals surface area contributed by atoms with Crippen molar-refractivity contribution in [2.24, 2.45) is 5.73 Å². The first-order chi connectivity index (χ1) is 15.3. The number of hydrogen-bond donors (Lipinski definition) is 2. The molecule has 1 amide bonds. The van der Waals surface area contributed by atoms with E-state index in [2.05, 4.69) is 15.6 Å². The fourth-order valence-electron chi connectivity index (χ4n) is 3.48. The smallest absolute Gasteiger partial charge is 0.329 e. The number of amides is 1. The third-order valence-corrected chi connectivity index (χ3v) is 5.11. The number of nitrogens with zero attached hydrogens (tertiary/aromatic N) is 3. The van der Waals surface area contributed by atoms with Gasteiger partial charge in [0.2, 0.25) is 0 Å². The summed E-state index contributed by atoms with van der Waals surface area (Å²) >= 11 is 0. The summed E-state index contributed by atoms with van der Waals surface area (Å²) in [4.78, 5) is 12.6. The van der Waals surface area contributed by atoms with Crippen molar-refractivity contribution in [3.63, 3.8) is 0 Å². The molecule has 0 aliphatic heterocycles. The molecule has 0 saturated heterocycles. The molecule has 1 aromatic heterocycles. The van der Waals surface area contributed by atoms with E-state index in [0.29, 0.717) is 24.3 Å². The molecule has 3 N–H and O–H groups in total. The minimum Gasteiger partial charge on any atom is -0.329 e. The van der Waals surface area contributed by atoms with Crippen LogP contribution in [0.2, 0.25) is 0 Å². The maximum Gasteiger partial charge on any atom is 0.416 e. The molecule has 4 aromatic rings. The van der Waals surface area contributed by atoms with Gasteiger partial charge >= 0.3 is 6.18 Å². The van der Waals surface area contributed by atoms with Crippen molar-refractivity contribution >= 4 is 22.6 Å². The molecule has 0 fully saturated rings. The summed E-state index contributed by atoms with van der Waals surface area (Å²) in [7, 11) is 0. The van der Waals surface area contributed by atoms with E-state index in [0.717, 1.165) is 34.3 Å². The molecule has 0 spiro atoms. The van der Waals surface area contributed by atoms with Gasteiger partial charge < -0.3 is 11.1 Å². The van der Waals surface area contributed by atoms with Crippen molar-refractivity contribution in [2.75, 3.05) is 11.9 Å². The fraction of sp³-hybridized carbons (Fsp3) is 0.174. The van der Waals surface area contributed by atoms with Crippen LogP contribution < -0.4 is 11.1 Å². The Morgan fingerprint density at radius 3 is 2.66 bits per heavy atom. The Kier molecular flexibility index (Phi) is 5.67. The molecule has 0 unspecified atom stereocenters. The van der Waals surface area contributed by atoms with Crippen molar-refractivity contribution in [2.45, 2.75) is 19.6 Å². The second kappa shape index (κ2) is 8.43. The molecular formula is C23H20F3N5O. The first-order valence-corrected chi connectivity index (χ1v) is 9.89. The molecule has 0 bridgehead atoms. The maximum atomic E-state index is 12.9. The number of rotatable bonds is 5. The molecule has 164 valence electrons. The minimum atomic E-state index is -4.52. The number of carbonyl (C=O) groups is 1. The van der Waals surface area contributed by atoms with Crippen molar-refractivity contribution in [3.05, 3.63) is 77.4 Å². The molecule has 0 aliphatic carbocycles. The van der Waals surface area contributed by atoms with Gasteiger partial charge in [0, 0.05) is 17.8 Å². The summed E-state index contributed by atoms with van der Waals surface area (Å²) in [5.41, 5.74) is 9.43. The van der Waals surface area contributed by atoms with Crippen LogP contribution in [0, 0.1) is 6.92 Å². The van der Waals surface area contributed by atoms with Crippen LogP contribution in [0.5, 0.6) is 0 Å². The Bertz CT molecular complexity index is 1300. The van der Waals surface area contributed by atoms with E-state index < -0.39 is 17.6 Å². The van der Waals surface area contributed by atoms with Gasteiger partial charge in [-0.15, -0.1) is 5.10 Å². The van der Waals surface area contributed by atoms with E-state index in [-0.39, 0.29) is 5.56 Å². The van der Waals surface area contributed by atoms with E-state index in [9.17, 15) is 18.0 Å². The number of benzene rings is 3. The van der Waals surface area contributed by atoms with E-state index in [4.69, 9.17) is 5.73 Å². The summed E-state index contributed by atoms with van der Waals surface area (Å²) in [6.07, 6.45) is -4.52. The standard InChI is InChI=1S/C23H20F3N5O/c1-14-5-7-18(28-22(32)16-3-2-4-17(11-16)23(24,25)26)13-19(14)15-6-8-21-20(12-15)29-30-31(21)10-9-27/h2-8,11-13H,9-10,27H2,1H3,(H,28,32). The highest BCUT2D eigenvalue weighted by atomic mass is 19.4. The lowest BCUT2D eigenvalue weighted by Crippen LogP contribution is -2.14. The molecule has 6 nitrogen and oxygen atoms in total. The van der Waals surface area contributed by atoms with Crippen LogP contribution in [0.3, 0.4) is 0 Å². The average molecular weight is 439 g/mol. The first kappa shape index (κ1) is 21.5. The molecule has 0 aliphatic rings. The Balaban J connectivity index is 1.62. The highest BCUT2D eigenvalue weighted by Gasteiger charge is 2.30. The molecule has 32 heavy (non-hydrogen) atoms. The molecule has 3 aromatic carbocycles. The molecule has 0 saturated carbocycles. The highest BCUT2D eigenvalue weighted by molar-refractivity contribution is 6.04. The zero-order valence-corrected chi connectivity index (χ0v) is 17.1. The average Bonchev–Trinajstić information content (AvgIpc) is 3.17. The van der Waals surface area contributed by atoms with Crippen LogP contribution in [-0.2, 0) is 12.7 Å². The highest BCUT2D eigenvalue weighted by Crippen LogP contribution is 2.31. The van der Waals surface area contributed by atoms with E-state index in [1.54, 1.807) is 16.8 Å². The molecule has 0 atom stereocenters. The van der Waals surface area contributed by atoms with Crippen molar-refractivity contribution in [1.29, 1.82) is 0 Å². The largest absolute Gasteiger partial charge is 0.416 e. The second-order valence-electron chi connectivity index (χ2n) is 7.37. The van der Waals surface area contributed by atoms with Crippen LogP contribution in [0.15, 0.2) is 60.7 Å². The molecular weight excluding hydrogens is 419 g/mol. The third kappa shape index (κ3) is 4.33.